The maximum Gasteiger partial charge on any atom is 0.228 e. The van der Waals surface area contributed by atoms with Crippen molar-refractivity contribution in [1.82, 2.24) is 4.90 Å². The van der Waals surface area contributed by atoms with Gasteiger partial charge in [-0.1, -0.05) is 32.0 Å². The number of carbonyl (C=O) groups is 1. The third-order valence-corrected chi connectivity index (χ3v) is 4.84. The molecule has 0 aromatic heterocycles. The van der Waals surface area contributed by atoms with Gasteiger partial charge in [0.1, 0.15) is 5.75 Å². The van der Waals surface area contributed by atoms with Gasteiger partial charge in [-0.25, -0.2) is 0 Å². The lowest BCUT2D eigenvalue weighted by molar-refractivity contribution is -0.143. The van der Waals surface area contributed by atoms with Crippen molar-refractivity contribution in [2.24, 2.45) is 11.1 Å². The molecular formula is C20H32N2O3. The number of likely N-dealkylation sites (tertiary alicyclic amines) is 1. The molecule has 0 bridgehead atoms. The van der Waals surface area contributed by atoms with E-state index in [1.807, 2.05) is 43.0 Å². The van der Waals surface area contributed by atoms with Crippen molar-refractivity contribution in [3.8, 4) is 5.75 Å². The first-order valence-corrected chi connectivity index (χ1v) is 9.21. The van der Waals surface area contributed by atoms with Crippen molar-refractivity contribution in [3.63, 3.8) is 0 Å². The first-order valence-electron chi connectivity index (χ1n) is 9.21. The Kier molecular flexibility index (Phi) is 7.26. The van der Waals surface area contributed by atoms with E-state index in [1.54, 1.807) is 7.11 Å². The molecule has 1 fully saturated rings. The molecule has 0 saturated carbocycles. The van der Waals surface area contributed by atoms with Crippen molar-refractivity contribution >= 4 is 5.91 Å². The van der Waals surface area contributed by atoms with Crippen LogP contribution in [0, 0.1) is 5.41 Å². The number of hydrogen-bond donors (Lipinski definition) is 1. The third kappa shape index (κ3) is 5.44. The highest BCUT2D eigenvalue weighted by Gasteiger charge is 2.34. The predicted octanol–water partition coefficient (Wildman–Crippen LogP) is 2.62. The molecule has 1 aliphatic heterocycles. The van der Waals surface area contributed by atoms with Crippen LogP contribution in [0.25, 0.3) is 0 Å². The molecule has 1 saturated heterocycles. The van der Waals surface area contributed by atoms with Gasteiger partial charge < -0.3 is 20.1 Å². The van der Waals surface area contributed by atoms with Crippen LogP contribution in [0.2, 0.25) is 0 Å². The minimum absolute atomic E-state index is 0.207. The Bertz CT molecular complexity index is 552. The quantitative estimate of drug-likeness (QED) is 0.734. The molecule has 5 nitrogen and oxygen atoms in total. The van der Waals surface area contributed by atoms with Crippen molar-refractivity contribution in [3.05, 3.63) is 29.8 Å². The van der Waals surface area contributed by atoms with Gasteiger partial charge >= 0.3 is 0 Å². The minimum atomic E-state index is -0.456. The van der Waals surface area contributed by atoms with Crippen molar-refractivity contribution in [2.45, 2.75) is 45.6 Å². The molecule has 1 aliphatic rings. The van der Waals surface area contributed by atoms with E-state index in [9.17, 15) is 4.79 Å². The number of para-hydroxylation sites is 1. The van der Waals surface area contributed by atoms with Crippen LogP contribution in [0.3, 0.4) is 0 Å². The second-order valence-corrected chi connectivity index (χ2v) is 7.38. The monoisotopic (exact) mass is 348 g/mol. The van der Waals surface area contributed by atoms with E-state index in [-0.39, 0.29) is 12.0 Å². The van der Waals surface area contributed by atoms with Gasteiger partial charge in [0.05, 0.1) is 13.2 Å². The Balaban J connectivity index is 1.91. The summed E-state index contributed by atoms with van der Waals surface area (Å²) in [7, 11) is 1.67. The molecule has 140 valence electrons. The second kappa shape index (κ2) is 9.20. The lowest BCUT2D eigenvalue weighted by Gasteiger charge is -2.37. The summed E-state index contributed by atoms with van der Waals surface area (Å²) < 4.78 is 11.3. The summed E-state index contributed by atoms with van der Waals surface area (Å²) in [5.41, 5.74) is 6.11. The molecule has 0 unspecified atom stereocenters. The van der Waals surface area contributed by atoms with Gasteiger partial charge in [-0.15, -0.1) is 0 Å². The minimum Gasteiger partial charge on any atom is -0.496 e. The highest BCUT2D eigenvalue weighted by Crippen LogP contribution is 2.30. The summed E-state index contributed by atoms with van der Waals surface area (Å²) in [5.74, 6) is 1.05. The van der Waals surface area contributed by atoms with Gasteiger partial charge in [-0.2, -0.15) is 0 Å². The number of ether oxygens (including phenoxy) is 2. The van der Waals surface area contributed by atoms with E-state index in [4.69, 9.17) is 15.2 Å². The molecule has 0 aliphatic carbocycles. The summed E-state index contributed by atoms with van der Waals surface area (Å²) in [6.07, 6.45) is 3.63. The molecule has 1 aromatic rings. The second-order valence-electron chi connectivity index (χ2n) is 7.38. The zero-order valence-corrected chi connectivity index (χ0v) is 15.8. The molecule has 0 spiro atoms. The number of rotatable bonds is 8. The maximum absolute atomic E-state index is 13.0. The number of benzene rings is 1. The van der Waals surface area contributed by atoms with Gasteiger partial charge in [0.25, 0.3) is 0 Å². The Morgan fingerprint density at radius 2 is 1.96 bits per heavy atom. The molecular weight excluding hydrogens is 316 g/mol. The topological polar surface area (TPSA) is 64.8 Å². The lowest BCUT2D eigenvalue weighted by atomic mass is 9.83. The van der Waals surface area contributed by atoms with E-state index in [0.717, 1.165) is 43.7 Å². The van der Waals surface area contributed by atoms with Crippen molar-refractivity contribution in [1.29, 1.82) is 0 Å². The summed E-state index contributed by atoms with van der Waals surface area (Å²) in [4.78, 5) is 15.0. The number of nitrogens with two attached hydrogens (primary N) is 1. The Morgan fingerprint density at radius 1 is 1.28 bits per heavy atom. The highest BCUT2D eigenvalue weighted by atomic mass is 16.5. The largest absolute Gasteiger partial charge is 0.496 e. The lowest BCUT2D eigenvalue weighted by Crippen LogP contribution is -2.47. The van der Waals surface area contributed by atoms with E-state index in [0.29, 0.717) is 19.6 Å². The Morgan fingerprint density at radius 3 is 2.60 bits per heavy atom. The van der Waals surface area contributed by atoms with Gasteiger partial charge in [0, 0.05) is 25.1 Å². The van der Waals surface area contributed by atoms with Gasteiger partial charge in [0.15, 0.2) is 0 Å². The fraction of sp³-hybridized carbons (Fsp3) is 0.650. The molecule has 2 N–H and O–H groups in total. The highest BCUT2D eigenvalue weighted by molar-refractivity contribution is 5.82. The summed E-state index contributed by atoms with van der Waals surface area (Å²) >= 11 is 0. The number of amides is 1. The van der Waals surface area contributed by atoms with Crippen LogP contribution in [-0.4, -0.2) is 50.3 Å². The number of nitrogens with zero attached hydrogens (tertiary/aromatic N) is 1. The normalized spacial score (nSPS) is 16.1. The number of methoxy groups -OCH3 is 1. The SMILES string of the molecule is COc1ccccc1CC(C)(C)C(=O)N1CCC(OCCCN)CC1. The molecule has 25 heavy (non-hydrogen) atoms. The van der Waals surface area contributed by atoms with Crippen LogP contribution in [0.4, 0.5) is 0 Å². The van der Waals surface area contributed by atoms with E-state index < -0.39 is 5.41 Å². The zero-order chi connectivity index (χ0) is 18.3. The molecule has 1 aromatic carbocycles. The first-order chi connectivity index (χ1) is 12.0. The summed E-state index contributed by atoms with van der Waals surface area (Å²) in [6.45, 7) is 6.95. The molecule has 0 atom stereocenters. The third-order valence-electron chi connectivity index (χ3n) is 4.84. The number of hydrogen-bond acceptors (Lipinski definition) is 4. The molecule has 1 amide bonds. The van der Waals surface area contributed by atoms with Crippen LogP contribution >= 0.6 is 0 Å². The Labute approximate surface area is 151 Å². The van der Waals surface area contributed by atoms with Crippen LogP contribution < -0.4 is 10.5 Å². The Hall–Kier alpha value is -1.59. The van der Waals surface area contributed by atoms with Gasteiger partial charge in [-0.05, 0) is 43.9 Å². The van der Waals surface area contributed by atoms with Crippen LogP contribution in [-0.2, 0) is 16.0 Å². The molecule has 5 heteroatoms. The van der Waals surface area contributed by atoms with Crippen LogP contribution in [0.5, 0.6) is 5.75 Å². The van der Waals surface area contributed by atoms with Crippen LogP contribution in [0.1, 0.15) is 38.7 Å². The smallest absolute Gasteiger partial charge is 0.228 e. The average Bonchev–Trinajstić information content (AvgIpc) is 2.62. The fourth-order valence-corrected chi connectivity index (χ4v) is 3.39. The zero-order valence-electron chi connectivity index (χ0n) is 15.8. The summed E-state index contributed by atoms with van der Waals surface area (Å²) in [5, 5.41) is 0. The van der Waals surface area contributed by atoms with Crippen molar-refractivity contribution in [2.75, 3.05) is 33.4 Å². The van der Waals surface area contributed by atoms with Crippen molar-refractivity contribution < 1.29 is 14.3 Å². The standard InChI is InChI=1S/C20H32N2O3/c1-20(2,15-16-7-4-5-8-18(16)24-3)19(23)22-12-9-17(10-13-22)25-14-6-11-21/h4-5,7-8,17H,6,9-15,21H2,1-3H3. The average molecular weight is 348 g/mol. The number of piperidine rings is 1. The number of carbonyl (C=O) groups excluding carboxylic acids is 1. The fourth-order valence-electron chi connectivity index (χ4n) is 3.39. The van der Waals surface area contributed by atoms with E-state index in [2.05, 4.69) is 0 Å². The molecule has 2 rings (SSSR count). The molecule has 0 radical (unpaired) electrons. The van der Waals surface area contributed by atoms with Gasteiger partial charge in [0.2, 0.25) is 5.91 Å². The van der Waals surface area contributed by atoms with E-state index in [1.165, 1.54) is 0 Å². The maximum atomic E-state index is 13.0. The molecule has 1 heterocycles. The predicted molar refractivity (Wildman–Crippen MR) is 99.7 cm³/mol. The van der Waals surface area contributed by atoms with Gasteiger partial charge in [-0.3, -0.25) is 4.79 Å². The summed E-state index contributed by atoms with van der Waals surface area (Å²) in [6, 6.07) is 7.92. The van der Waals surface area contributed by atoms with Crippen LogP contribution in [0.15, 0.2) is 24.3 Å². The first kappa shape index (κ1) is 19.7. The van der Waals surface area contributed by atoms with E-state index >= 15 is 0 Å².